The van der Waals surface area contributed by atoms with E-state index < -0.39 is 5.41 Å². The number of nitrogens with zero attached hydrogens (tertiary/aromatic N) is 2. The molecule has 386 valence electrons. The normalized spacial score (nSPS) is 31.3. The van der Waals surface area contributed by atoms with Gasteiger partial charge < -0.3 is 19.4 Å². The molecule has 1 amide bonds. The van der Waals surface area contributed by atoms with E-state index in [0.29, 0.717) is 18.5 Å². The van der Waals surface area contributed by atoms with E-state index in [4.69, 9.17) is 9.15 Å². The molecular weight excluding hydrogens is 903 g/mol. The third-order valence-corrected chi connectivity index (χ3v) is 21.0. The third kappa shape index (κ3) is 8.13. The number of hydrogen-bond acceptors (Lipinski definition) is 6. The maximum atomic E-state index is 15.4. The fourth-order valence-electron chi connectivity index (χ4n) is 16.4. The summed E-state index contributed by atoms with van der Waals surface area (Å²) in [6, 6.07) is 31.0. The second-order valence-electron chi connectivity index (χ2n) is 24.9. The standard InChI is InChI=1S/C65H81N3O5/c1-12-67(13-2)43-25-27-47-52(37-43)72-53-38-44(68(14-3)15-4)26-28-48(53)56(47)45-23-19-20-24-46(45)58(70)73-55-30-31-63(9)54(60(55,5)6)29-32-65(11)57(63)51(69)39-49-50-40-62(8,34-33-61(50,7)35-36-64(49,65)10)59(71)66-41-42-21-17-16-18-22-42/h16-28,37-39,50,54-55,57H,12-15,29-36,40-41H2,1-11H3/p+1/t50-,54-,55-,57+,61+,62-,63-,64+,65+/m0/s1. The molecule has 10 rings (SSSR count). The van der Waals surface area contributed by atoms with E-state index in [1.54, 1.807) is 0 Å². The van der Waals surface area contributed by atoms with Crippen LogP contribution in [0, 0.1) is 50.2 Å². The Morgan fingerprint density at radius 2 is 1.48 bits per heavy atom. The molecule has 0 bridgehead atoms. The van der Waals surface area contributed by atoms with Crippen LogP contribution in [0.1, 0.15) is 150 Å². The third-order valence-electron chi connectivity index (χ3n) is 21.0. The van der Waals surface area contributed by atoms with E-state index in [2.05, 4.69) is 152 Å². The molecule has 6 aliphatic carbocycles. The van der Waals surface area contributed by atoms with Crippen LogP contribution < -0.4 is 20.1 Å². The van der Waals surface area contributed by atoms with Crippen molar-refractivity contribution in [2.45, 2.75) is 147 Å². The van der Waals surface area contributed by atoms with Gasteiger partial charge >= 0.3 is 5.97 Å². The van der Waals surface area contributed by atoms with Crippen molar-refractivity contribution in [3.05, 3.63) is 119 Å². The van der Waals surface area contributed by atoms with Crippen LogP contribution >= 0.6 is 0 Å². The van der Waals surface area contributed by atoms with Crippen LogP contribution in [0.25, 0.3) is 33.4 Å². The Morgan fingerprint density at radius 3 is 2.21 bits per heavy atom. The lowest BCUT2D eigenvalue weighted by Crippen LogP contribution is -2.66. The predicted molar refractivity (Wildman–Crippen MR) is 295 cm³/mol. The fraction of sp³-hybridized carbons (Fsp3) is 0.538. The highest BCUT2D eigenvalue weighted by atomic mass is 16.5. The molecule has 1 N–H and O–H groups in total. The van der Waals surface area contributed by atoms with Crippen molar-refractivity contribution in [1.29, 1.82) is 0 Å². The first-order chi connectivity index (χ1) is 34.8. The van der Waals surface area contributed by atoms with Gasteiger partial charge in [-0.3, -0.25) is 9.59 Å². The van der Waals surface area contributed by atoms with Gasteiger partial charge in [-0.15, -0.1) is 0 Å². The zero-order valence-electron chi connectivity index (χ0n) is 45.9. The van der Waals surface area contributed by atoms with E-state index >= 15 is 9.59 Å². The van der Waals surface area contributed by atoms with E-state index in [9.17, 15) is 4.79 Å². The molecule has 4 fully saturated rings. The number of rotatable bonds is 11. The monoisotopic (exact) mass is 985 g/mol. The van der Waals surface area contributed by atoms with Crippen molar-refractivity contribution >= 4 is 34.3 Å². The maximum absolute atomic E-state index is 15.4. The van der Waals surface area contributed by atoms with Gasteiger partial charge in [0.15, 0.2) is 5.78 Å². The first-order valence-corrected chi connectivity index (χ1v) is 28.0. The highest BCUT2D eigenvalue weighted by Gasteiger charge is 2.70. The summed E-state index contributed by atoms with van der Waals surface area (Å²) in [6.07, 6.45) is 9.97. The molecule has 1 aliphatic heterocycles. The van der Waals surface area contributed by atoms with Gasteiger partial charge in [-0.2, -0.15) is 0 Å². The number of nitrogens with one attached hydrogen (secondary N) is 1. The predicted octanol–water partition coefficient (Wildman–Crippen LogP) is 13.7. The average molecular weight is 985 g/mol. The summed E-state index contributed by atoms with van der Waals surface area (Å²) in [6.45, 7) is 29.3. The van der Waals surface area contributed by atoms with Crippen LogP contribution in [0.5, 0.6) is 0 Å². The molecule has 8 nitrogen and oxygen atoms in total. The van der Waals surface area contributed by atoms with Gasteiger partial charge in [-0.05, 0) is 160 Å². The quantitative estimate of drug-likeness (QED) is 0.0805. The van der Waals surface area contributed by atoms with Crippen LogP contribution in [0.15, 0.2) is 107 Å². The largest absolute Gasteiger partial charge is 0.458 e. The van der Waals surface area contributed by atoms with E-state index in [0.717, 1.165) is 128 Å². The second kappa shape index (κ2) is 18.7. The average Bonchev–Trinajstić information content (AvgIpc) is 3.37. The minimum atomic E-state index is -0.508. The van der Waals surface area contributed by atoms with Crippen LogP contribution in [-0.2, 0) is 20.9 Å². The number of amides is 1. The number of benzene rings is 4. The molecule has 0 saturated heterocycles. The summed E-state index contributed by atoms with van der Waals surface area (Å²) in [5, 5.41) is 5.36. The van der Waals surface area contributed by atoms with Crippen molar-refractivity contribution in [3.8, 4) is 22.5 Å². The smallest absolute Gasteiger partial charge is 0.339 e. The molecule has 9 atom stereocenters. The summed E-state index contributed by atoms with van der Waals surface area (Å²) in [5.74, 6) is 1.06. The van der Waals surface area contributed by atoms with Crippen molar-refractivity contribution in [2.24, 2.45) is 50.2 Å². The molecular formula is C65H82N3O5+. The summed E-state index contributed by atoms with van der Waals surface area (Å²) in [5.41, 5.74) is 6.05. The van der Waals surface area contributed by atoms with Crippen molar-refractivity contribution in [3.63, 3.8) is 0 Å². The Labute approximate surface area is 435 Å². The Balaban J connectivity index is 0.947. The van der Waals surface area contributed by atoms with Crippen LogP contribution in [0.2, 0.25) is 0 Å². The number of fused-ring (bicyclic) bond motifs is 9. The first kappa shape index (κ1) is 51.0. The number of allylic oxidation sites excluding steroid dienone is 2. The van der Waals surface area contributed by atoms with Gasteiger partial charge in [0.2, 0.25) is 11.3 Å². The molecule has 7 aliphatic rings. The maximum Gasteiger partial charge on any atom is 0.339 e. The molecule has 8 heteroatoms. The second-order valence-corrected chi connectivity index (χ2v) is 24.9. The molecule has 1 heterocycles. The molecule has 3 aromatic rings. The lowest BCUT2D eigenvalue weighted by atomic mass is 9.33. The Hall–Kier alpha value is -5.50. The van der Waals surface area contributed by atoms with Gasteiger partial charge in [0.25, 0.3) is 0 Å². The van der Waals surface area contributed by atoms with E-state index in [1.807, 2.05) is 36.4 Å². The Bertz CT molecular complexity index is 3030. The molecule has 0 radical (unpaired) electrons. The summed E-state index contributed by atoms with van der Waals surface area (Å²) in [7, 11) is 0. The molecule has 0 unspecified atom stereocenters. The van der Waals surface area contributed by atoms with E-state index in [1.165, 1.54) is 5.57 Å². The Kier molecular flexibility index (Phi) is 13.1. The number of ketones is 1. The van der Waals surface area contributed by atoms with Gasteiger partial charge in [-0.1, -0.05) is 103 Å². The van der Waals surface area contributed by atoms with Crippen molar-refractivity contribution in [1.82, 2.24) is 9.89 Å². The number of carbonyl (C=O) groups is 3. The molecule has 4 saturated carbocycles. The van der Waals surface area contributed by atoms with Gasteiger partial charge in [0, 0.05) is 70.7 Å². The van der Waals surface area contributed by atoms with Gasteiger partial charge in [0.05, 0.1) is 11.6 Å². The highest BCUT2D eigenvalue weighted by molar-refractivity contribution is 6.08. The zero-order valence-corrected chi connectivity index (χ0v) is 45.9. The summed E-state index contributed by atoms with van der Waals surface area (Å²) in [4.78, 5) is 46.9. The lowest BCUT2D eigenvalue weighted by molar-refractivity contribution is -0.202. The highest BCUT2D eigenvalue weighted by Crippen LogP contribution is 2.75. The number of ether oxygens (including phenoxy) is 1. The number of esters is 1. The first-order valence-electron chi connectivity index (χ1n) is 28.0. The number of anilines is 1. The molecule has 0 spiro atoms. The summed E-state index contributed by atoms with van der Waals surface area (Å²) >= 11 is 0. The minimum Gasteiger partial charge on any atom is -0.458 e. The van der Waals surface area contributed by atoms with Gasteiger partial charge in [-0.25, -0.2) is 9.37 Å². The molecule has 0 aromatic heterocycles. The van der Waals surface area contributed by atoms with Crippen molar-refractivity contribution < 1.29 is 23.5 Å². The van der Waals surface area contributed by atoms with Crippen LogP contribution in [0.3, 0.4) is 0 Å². The summed E-state index contributed by atoms with van der Waals surface area (Å²) < 4.78 is 16.0. The molecule has 3 aromatic carbocycles. The fourth-order valence-corrected chi connectivity index (χ4v) is 16.4. The van der Waals surface area contributed by atoms with Gasteiger partial charge in [0.1, 0.15) is 30.5 Å². The van der Waals surface area contributed by atoms with E-state index in [-0.39, 0.29) is 68.6 Å². The topological polar surface area (TPSA) is 91.9 Å². The lowest BCUT2D eigenvalue weighted by Gasteiger charge is -2.70. The van der Waals surface area contributed by atoms with Crippen LogP contribution in [0.4, 0.5) is 5.69 Å². The Morgan fingerprint density at radius 1 is 0.767 bits per heavy atom. The minimum absolute atomic E-state index is 0.0529. The zero-order chi connectivity index (χ0) is 51.9. The van der Waals surface area contributed by atoms with Crippen LogP contribution in [-0.4, -0.2) is 49.9 Å². The number of carbonyl (C=O) groups excluding carboxylic acids is 3. The molecule has 73 heavy (non-hydrogen) atoms. The number of hydrogen-bond donors (Lipinski definition) is 1. The van der Waals surface area contributed by atoms with Crippen molar-refractivity contribution in [2.75, 3.05) is 31.1 Å². The SMILES string of the molecule is CCN(CC)c1ccc2c(-c3ccccc3C(=O)O[C@H]3CC[C@]4(C)[C@H]5C(=O)C=C6[C@@H]7C[C@@](C)(C(=O)NCc8ccccc8)CC[C@]7(C)CC[C@@]6(C)[C@]5(C)CC[C@H]4C3(C)C)c3ccc(=[N+](CC)CC)cc-3oc2c1.